The third kappa shape index (κ3) is 10.0. The maximum atomic E-state index is 6.39. The Labute approximate surface area is 178 Å². The summed E-state index contributed by atoms with van der Waals surface area (Å²) in [6.07, 6.45) is 19.7. The lowest BCUT2D eigenvalue weighted by Crippen LogP contribution is -2.33. The van der Waals surface area contributed by atoms with Gasteiger partial charge < -0.3 is 4.74 Å². The van der Waals surface area contributed by atoms with Gasteiger partial charge >= 0.3 is 0 Å². The van der Waals surface area contributed by atoms with Gasteiger partial charge in [-0.05, 0) is 61.3 Å². The van der Waals surface area contributed by atoms with E-state index in [0.717, 1.165) is 19.4 Å². The Kier molecular flexibility index (Phi) is 12.5. The predicted octanol–water partition coefficient (Wildman–Crippen LogP) is 8.38. The van der Waals surface area contributed by atoms with Gasteiger partial charge in [-0.3, -0.25) is 0 Å². The highest BCUT2D eigenvalue weighted by Gasteiger charge is 2.30. The second kappa shape index (κ2) is 15.0. The molecule has 1 nitrogen and oxygen atoms in total. The number of thioether (sulfide) groups is 1. The molecule has 1 aliphatic rings. The molecule has 0 N–H and O–H groups in total. The van der Waals surface area contributed by atoms with Crippen LogP contribution in [0.3, 0.4) is 0 Å². The minimum Gasteiger partial charge on any atom is -0.362 e. The van der Waals surface area contributed by atoms with Crippen molar-refractivity contribution in [1.29, 1.82) is 0 Å². The lowest BCUT2D eigenvalue weighted by molar-refractivity contribution is -0.0274. The van der Waals surface area contributed by atoms with Crippen molar-refractivity contribution >= 4 is 11.8 Å². The van der Waals surface area contributed by atoms with E-state index in [1.54, 1.807) is 11.8 Å². The second-order valence-electron chi connectivity index (χ2n) is 8.23. The minimum absolute atomic E-state index is 0.181. The van der Waals surface area contributed by atoms with E-state index in [1.807, 2.05) is 0 Å². The molecule has 0 aromatic heterocycles. The first-order valence-electron chi connectivity index (χ1n) is 11.7. The van der Waals surface area contributed by atoms with E-state index in [-0.39, 0.29) is 5.60 Å². The average molecular weight is 401 g/mol. The number of hydrogen-bond acceptors (Lipinski definition) is 2. The first-order valence-corrected chi connectivity index (χ1v) is 12.5. The molecule has 0 amide bonds. The lowest BCUT2D eigenvalue weighted by Gasteiger charge is -2.32. The Morgan fingerprint density at radius 2 is 1.43 bits per heavy atom. The van der Waals surface area contributed by atoms with Gasteiger partial charge in [0.15, 0.2) is 0 Å². The fourth-order valence-electron chi connectivity index (χ4n) is 3.95. The van der Waals surface area contributed by atoms with Crippen molar-refractivity contribution in [3.8, 4) is 11.2 Å². The van der Waals surface area contributed by atoms with Crippen molar-refractivity contribution in [3.63, 3.8) is 0 Å². The molecule has 0 radical (unpaired) electrons. The summed E-state index contributed by atoms with van der Waals surface area (Å²) in [5.74, 6) is 3.51. The quantitative estimate of drug-likeness (QED) is 0.187. The number of hydrogen-bond donors (Lipinski definition) is 0. The van der Waals surface area contributed by atoms with Crippen LogP contribution >= 0.6 is 11.8 Å². The van der Waals surface area contributed by atoms with Crippen LogP contribution in [0.15, 0.2) is 35.2 Å². The zero-order chi connectivity index (χ0) is 19.8. The van der Waals surface area contributed by atoms with Crippen molar-refractivity contribution in [2.24, 2.45) is 0 Å². The van der Waals surface area contributed by atoms with Crippen LogP contribution < -0.4 is 0 Å². The molecule has 2 rings (SSSR count). The fourth-order valence-corrected chi connectivity index (χ4v) is 4.60. The van der Waals surface area contributed by atoms with E-state index >= 15 is 0 Å². The highest BCUT2D eigenvalue weighted by molar-refractivity contribution is 8.03. The lowest BCUT2D eigenvalue weighted by atomic mass is 9.85. The van der Waals surface area contributed by atoms with Crippen molar-refractivity contribution in [1.82, 2.24) is 0 Å². The SMILES string of the molecule is CCCCCCCCCCCCOC1(C#CSc2ccccc2)CCCCC1. The van der Waals surface area contributed by atoms with Gasteiger partial charge in [-0.1, -0.05) is 95.3 Å². The molecular weight excluding hydrogens is 360 g/mol. The summed E-state index contributed by atoms with van der Waals surface area (Å²) in [6.45, 7) is 3.16. The third-order valence-corrected chi connectivity index (χ3v) is 6.44. The summed E-state index contributed by atoms with van der Waals surface area (Å²) in [4.78, 5) is 1.22. The summed E-state index contributed by atoms with van der Waals surface area (Å²) in [5, 5.41) is 3.34. The van der Waals surface area contributed by atoms with E-state index in [1.165, 1.54) is 88.4 Å². The third-order valence-electron chi connectivity index (χ3n) is 5.73. The molecule has 0 atom stereocenters. The van der Waals surface area contributed by atoms with Crippen LogP contribution in [0.2, 0.25) is 0 Å². The maximum absolute atomic E-state index is 6.39. The highest BCUT2D eigenvalue weighted by atomic mass is 32.2. The summed E-state index contributed by atoms with van der Waals surface area (Å²) in [6, 6.07) is 10.4. The van der Waals surface area contributed by atoms with Crippen LogP contribution in [0.4, 0.5) is 0 Å². The standard InChI is InChI=1S/C26H40OS/c1-2-3-4-5-6-7-8-9-10-17-23-27-26(20-15-12-16-21-26)22-24-28-25-18-13-11-14-19-25/h11,13-14,18-19H,2-10,12,15-17,20-21,23H2,1H3. The molecule has 0 saturated heterocycles. The van der Waals surface area contributed by atoms with Gasteiger partial charge in [0.2, 0.25) is 0 Å². The van der Waals surface area contributed by atoms with E-state index in [0.29, 0.717) is 0 Å². The van der Waals surface area contributed by atoms with Gasteiger partial charge in [0.05, 0.1) is 0 Å². The Morgan fingerprint density at radius 1 is 0.821 bits per heavy atom. The molecule has 0 spiro atoms. The largest absolute Gasteiger partial charge is 0.362 e. The molecule has 156 valence electrons. The Morgan fingerprint density at radius 3 is 2.07 bits per heavy atom. The highest BCUT2D eigenvalue weighted by Crippen LogP contribution is 2.32. The van der Waals surface area contributed by atoms with E-state index in [4.69, 9.17) is 4.74 Å². The van der Waals surface area contributed by atoms with Crippen LogP contribution in [-0.2, 0) is 4.74 Å². The maximum Gasteiger partial charge on any atom is 0.129 e. The monoisotopic (exact) mass is 400 g/mol. The zero-order valence-electron chi connectivity index (χ0n) is 18.0. The van der Waals surface area contributed by atoms with Crippen LogP contribution in [0, 0.1) is 11.2 Å². The molecule has 28 heavy (non-hydrogen) atoms. The summed E-state index contributed by atoms with van der Waals surface area (Å²) in [7, 11) is 0. The van der Waals surface area contributed by atoms with Crippen LogP contribution in [0.25, 0.3) is 0 Å². The number of benzene rings is 1. The Hall–Kier alpha value is -0.910. The molecule has 0 aliphatic heterocycles. The molecule has 0 unspecified atom stereocenters. The van der Waals surface area contributed by atoms with E-state index < -0.39 is 0 Å². The molecule has 1 saturated carbocycles. The molecule has 2 heteroatoms. The summed E-state index contributed by atoms with van der Waals surface area (Å²) < 4.78 is 6.39. The molecule has 0 heterocycles. The van der Waals surface area contributed by atoms with Gasteiger partial charge in [0, 0.05) is 11.5 Å². The van der Waals surface area contributed by atoms with Gasteiger partial charge in [0.1, 0.15) is 5.60 Å². The van der Waals surface area contributed by atoms with Gasteiger partial charge in [-0.15, -0.1) is 0 Å². The molecule has 1 aromatic carbocycles. The molecule has 1 aliphatic carbocycles. The van der Waals surface area contributed by atoms with Crippen molar-refractivity contribution in [2.75, 3.05) is 6.61 Å². The molecule has 1 aromatic rings. The topological polar surface area (TPSA) is 9.23 Å². The predicted molar refractivity (Wildman–Crippen MR) is 124 cm³/mol. The van der Waals surface area contributed by atoms with Crippen LogP contribution in [0.1, 0.15) is 103 Å². The van der Waals surface area contributed by atoms with Crippen molar-refractivity contribution in [3.05, 3.63) is 30.3 Å². The van der Waals surface area contributed by atoms with Crippen molar-refractivity contribution < 1.29 is 4.74 Å². The number of rotatable bonds is 13. The number of unbranched alkanes of at least 4 members (excludes halogenated alkanes) is 9. The zero-order valence-corrected chi connectivity index (χ0v) is 18.8. The Bertz CT molecular complexity index is 551. The number of ether oxygens (including phenoxy) is 1. The molecule has 1 fully saturated rings. The van der Waals surface area contributed by atoms with E-state index in [9.17, 15) is 0 Å². The average Bonchev–Trinajstić information content (AvgIpc) is 2.73. The van der Waals surface area contributed by atoms with Gasteiger partial charge in [-0.2, -0.15) is 0 Å². The van der Waals surface area contributed by atoms with Gasteiger partial charge in [0.25, 0.3) is 0 Å². The minimum atomic E-state index is -0.181. The van der Waals surface area contributed by atoms with Crippen LogP contribution in [0.5, 0.6) is 0 Å². The normalized spacial score (nSPS) is 15.8. The summed E-state index contributed by atoms with van der Waals surface area (Å²) >= 11 is 1.63. The molecular formula is C26H40OS. The van der Waals surface area contributed by atoms with Crippen LogP contribution in [-0.4, -0.2) is 12.2 Å². The first-order chi connectivity index (χ1) is 13.8. The van der Waals surface area contributed by atoms with Crippen molar-refractivity contribution in [2.45, 2.75) is 114 Å². The molecule has 0 bridgehead atoms. The first kappa shape index (κ1) is 23.4. The smallest absolute Gasteiger partial charge is 0.129 e. The second-order valence-corrected chi connectivity index (χ2v) is 9.11. The fraction of sp³-hybridized carbons (Fsp3) is 0.692. The van der Waals surface area contributed by atoms with Gasteiger partial charge in [-0.25, -0.2) is 0 Å². The van der Waals surface area contributed by atoms with E-state index in [2.05, 4.69) is 48.4 Å². The summed E-state index contributed by atoms with van der Waals surface area (Å²) in [5.41, 5.74) is -0.181. The Balaban J connectivity index is 1.61.